The van der Waals surface area contributed by atoms with E-state index in [0.717, 1.165) is 4.90 Å². The fourth-order valence-corrected chi connectivity index (χ4v) is 0.826. The van der Waals surface area contributed by atoms with Crippen molar-refractivity contribution in [2.45, 2.75) is 19.9 Å². The molecule has 0 aromatic carbocycles. The third kappa shape index (κ3) is 4.63. The first kappa shape index (κ1) is 14.2. The zero-order valence-corrected chi connectivity index (χ0v) is 9.52. The van der Waals surface area contributed by atoms with Crippen molar-refractivity contribution in [2.75, 3.05) is 20.2 Å². The van der Waals surface area contributed by atoms with Crippen molar-refractivity contribution in [1.29, 1.82) is 0 Å². The van der Waals surface area contributed by atoms with Crippen molar-refractivity contribution in [3.05, 3.63) is 0 Å². The summed E-state index contributed by atoms with van der Waals surface area (Å²) in [6.07, 6.45) is 0. The number of carboxylic acid groups (broad SMARTS) is 1. The fourth-order valence-electron chi connectivity index (χ4n) is 0.826. The highest BCUT2D eigenvalue weighted by molar-refractivity contribution is 5.84. The number of hydrogen-bond donors (Lipinski definition) is 2. The predicted molar refractivity (Wildman–Crippen MR) is 54.9 cm³/mol. The summed E-state index contributed by atoms with van der Waals surface area (Å²) in [5.74, 6) is -1.68. The van der Waals surface area contributed by atoms with Gasteiger partial charge in [-0.25, -0.2) is 9.59 Å². The van der Waals surface area contributed by atoms with Gasteiger partial charge in [-0.3, -0.25) is 4.79 Å². The molecule has 7 nitrogen and oxygen atoms in total. The number of carbonyl (C=O) groups excluding carboxylic acids is 2. The molecule has 0 fully saturated rings. The number of amides is 2. The molecule has 0 heterocycles. The molecule has 0 saturated heterocycles. The van der Waals surface area contributed by atoms with E-state index in [4.69, 9.17) is 5.11 Å². The van der Waals surface area contributed by atoms with E-state index in [1.54, 1.807) is 6.92 Å². The number of ether oxygens (including phenoxy) is 1. The molecule has 92 valence electrons. The van der Waals surface area contributed by atoms with E-state index in [1.165, 1.54) is 14.0 Å². The molecular weight excluding hydrogens is 216 g/mol. The Morgan fingerprint density at radius 1 is 1.44 bits per heavy atom. The maximum Gasteiger partial charge on any atom is 0.326 e. The normalized spacial score (nSPS) is 11.4. The van der Waals surface area contributed by atoms with Crippen molar-refractivity contribution in [3.8, 4) is 0 Å². The SMILES string of the molecule is CCOC(=O)CNC(=O)N(C)C(C)C(=O)O. The van der Waals surface area contributed by atoms with Gasteiger partial charge in [0.1, 0.15) is 12.6 Å². The van der Waals surface area contributed by atoms with Gasteiger partial charge in [-0.15, -0.1) is 0 Å². The smallest absolute Gasteiger partial charge is 0.326 e. The predicted octanol–water partition coefficient (Wildman–Crippen LogP) is -0.336. The Morgan fingerprint density at radius 2 is 2.00 bits per heavy atom. The third-order valence-electron chi connectivity index (χ3n) is 1.95. The van der Waals surface area contributed by atoms with Crippen molar-refractivity contribution in [3.63, 3.8) is 0 Å². The van der Waals surface area contributed by atoms with Crippen LogP contribution in [-0.2, 0) is 14.3 Å². The summed E-state index contributed by atoms with van der Waals surface area (Å²) >= 11 is 0. The minimum absolute atomic E-state index is 0.232. The van der Waals surface area contributed by atoms with Crippen molar-refractivity contribution < 1.29 is 24.2 Å². The molecule has 2 N–H and O–H groups in total. The van der Waals surface area contributed by atoms with Crippen molar-refractivity contribution >= 4 is 18.0 Å². The standard InChI is InChI=1S/C9H16N2O5/c1-4-16-7(12)5-10-9(15)11(3)6(2)8(13)14/h6H,4-5H2,1-3H3,(H,10,15)(H,13,14). The Balaban J connectivity index is 4.06. The highest BCUT2D eigenvalue weighted by Crippen LogP contribution is 1.95. The first-order valence-corrected chi connectivity index (χ1v) is 4.79. The first-order valence-electron chi connectivity index (χ1n) is 4.79. The van der Waals surface area contributed by atoms with Gasteiger partial charge in [0.2, 0.25) is 0 Å². The van der Waals surface area contributed by atoms with Gasteiger partial charge in [0.15, 0.2) is 0 Å². The molecule has 0 aliphatic heterocycles. The molecule has 0 aromatic rings. The van der Waals surface area contributed by atoms with Crippen LogP contribution >= 0.6 is 0 Å². The number of nitrogens with zero attached hydrogens (tertiary/aromatic N) is 1. The number of hydrogen-bond acceptors (Lipinski definition) is 4. The van der Waals surface area contributed by atoms with Crippen LogP contribution in [0.4, 0.5) is 4.79 Å². The maximum atomic E-state index is 11.3. The summed E-state index contributed by atoms with van der Waals surface area (Å²) in [4.78, 5) is 33.8. The monoisotopic (exact) mass is 232 g/mol. The number of esters is 1. The molecule has 0 bridgehead atoms. The first-order chi connectivity index (χ1) is 7.40. The second kappa shape index (κ2) is 6.65. The highest BCUT2D eigenvalue weighted by atomic mass is 16.5. The van der Waals surface area contributed by atoms with E-state index >= 15 is 0 Å². The molecule has 0 aliphatic carbocycles. The topological polar surface area (TPSA) is 95.9 Å². The number of nitrogens with one attached hydrogen (secondary N) is 1. The van der Waals surface area contributed by atoms with E-state index in [-0.39, 0.29) is 13.2 Å². The second-order valence-electron chi connectivity index (χ2n) is 3.09. The Labute approximate surface area is 93.4 Å². The number of rotatable bonds is 5. The Bertz CT molecular complexity index is 279. The average molecular weight is 232 g/mol. The second-order valence-corrected chi connectivity index (χ2v) is 3.09. The van der Waals surface area contributed by atoms with Gasteiger partial charge in [-0.1, -0.05) is 0 Å². The summed E-state index contributed by atoms with van der Waals surface area (Å²) in [7, 11) is 1.33. The molecule has 1 atom stereocenters. The van der Waals surface area contributed by atoms with Crippen LogP contribution in [0.1, 0.15) is 13.8 Å². The number of urea groups is 1. The molecule has 7 heteroatoms. The van der Waals surface area contributed by atoms with Crippen LogP contribution in [0, 0.1) is 0 Å². The highest BCUT2D eigenvalue weighted by Gasteiger charge is 2.21. The molecule has 0 aromatic heterocycles. The van der Waals surface area contributed by atoms with Gasteiger partial charge in [-0.2, -0.15) is 0 Å². The van der Waals surface area contributed by atoms with Crippen LogP contribution in [0.3, 0.4) is 0 Å². The fraction of sp³-hybridized carbons (Fsp3) is 0.667. The number of carbonyl (C=O) groups is 3. The van der Waals surface area contributed by atoms with E-state index in [1.807, 2.05) is 0 Å². The van der Waals surface area contributed by atoms with Crippen LogP contribution in [0.5, 0.6) is 0 Å². The molecule has 2 amide bonds. The Kier molecular flexibility index (Phi) is 5.91. The minimum Gasteiger partial charge on any atom is -0.480 e. The molecule has 0 radical (unpaired) electrons. The van der Waals surface area contributed by atoms with Crippen molar-refractivity contribution in [2.24, 2.45) is 0 Å². The lowest BCUT2D eigenvalue weighted by molar-refractivity contribution is -0.141. The van der Waals surface area contributed by atoms with Gasteiger partial charge >= 0.3 is 18.0 Å². The quantitative estimate of drug-likeness (QED) is 0.632. The largest absolute Gasteiger partial charge is 0.480 e. The van der Waals surface area contributed by atoms with Crippen LogP contribution in [0.25, 0.3) is 0 Å². The maximum absolute atomic E-state index is 11.3. The van der Waals surface area contributed by atoms with Crippen LogP contribution in [0.2, 0.25) is 0 Å². The molecule has 0 spiro atoms. The summed E-state index contributed by atoms with van der Waals surface area (Å²) in [6.45, 7) is 2.98. The number of aliphatic carboxylic acids is 1. The lowest BCUT2D eigenvalue weighted by atomic mass is 10.3. The Hall–Kier alpha value is -1.79. The molecule has 16 heavy (non-hydrogen) atoms. The summed E-state index contributed by atoms with van der Waals surface area (Å²) in [6, 6.07) is -1.59. The van der Waals surface area contributed by atoms with E-state index in [2.05, 4.69) is 10.1 Å². The van der Waals surface area contributed by atoms with Crippen LogP contribution < -0.4 is 5.32 Å². The Morgan fingerprint density at radius 3 is 2.44 bits per heavy atom. The molecule has 0 aliphatic rings. The van der Waals surface area contributed by atoms with E-state index < -0.39 is 24.0 Å². The molecular formula is C9H16N2O5. The van der Waals surface area contributed by atoms with E-state index in [9.17, 15) is 14.4 Å². The summed E-state index contributed by atoms with van der Waals surface area (Å²) < 4.78 is 4.59. The average Bonchev–Trinajstić information content (AvgIpc) is 2.24. The molecule has 0 saturated carbocycles. The third-order valence-corrected chi connectivity index (χ3v) is 1.95. The minimum atomic E-state index is -1.12. The lowest BCUT2D eigenvalue weighted by Crippen LogP contribution is -2.47. The summed E-state index contributed by atoms with van der Waals surface area (Å²) in [5, 5.41) is 10.9. The number of carboxylic acids is 1. The van der Waals surface area contributed by atoms with Gasteiger partial charge in [0, 0.05) is 7.05 Å². The van der Waals surface area contributed by atoms with Crippen molar-refractivity contribution in [1.82, 2.24) is 10.2 Å². The van der Waals surface area contributed by atoms with Gasteiger partial charge in [0.05, 0.1) is 6.61 Å². The summed E-state index contributed by atoms with van der Waals surface area (Å²) in [5.41, 5.74) is 0. The van der Waals surface area contributed by atoms with Gasteiger partial charge in [0.25, 0.3) is 0 Å². The van der Waals surface area contributed by atoms with E-state index in [0.29, 0.717) is 0 Å². The van der Waals surface area contributed by atoms with Crippen LogP contribution in [-0.4, -0.2) is 54.2 Å². The van der Waals surface area contributed by atoms with Crippen LogP contribution in [0.15, 0.2) is 0 Å². The van der Waals surface area contributed by atoms with Gasteiger partial charge in [-0.05, 0) is 13.8 Å². The number of likely N-dealkylation sites (N-methyl/N-ethyl adjacent to an activating group) is 1. The zero-order valence-electron chi connectivity index (χ0n) is 9.52. The van der Waals surface area contributed by atoms with Gasteiger partial charge < -0.3 is 20.1 Å². The molecule has 1 unspecified atom stereocenters. The zero-order chi connectivity index (χ0) is 12.7. The lowest BCUT2D eigenvalue weighted by Gasteiger charge is -2.21. The molecule has 0 rings (SSSR count).